The van der Waals surface area contributed by atoms with E-state index in [2.05, 4.69) is 85.4 Å². The van der Waals surface area contributed by atoms with Gasteiger partial charge in [-0.2, -0.15) is 0 Å². The molecule has 0 atom stereocenters. The molecule has 0 aromatic heterocycles. The van der Waals surface area contributed by atoms with Gasteiger partial charge in [-0.1, -0.05) is 85.4 Å². The van der Waals surface area contributed by atoms with Crippen LogP contribution in [0, 0.1) is 0 Å². The van der Waals surface area contributed by atoms with Gasteiger partial charge in [0.05, 0.1) is 7.59 Å². The van der Waals surface area contributed by atoms with Gasteiger partial charge >= 0.3 is 0 Å². The zero-order valence-electron chi connectivity index (χ0n) is 20.9. The number of hydrogen-bond acceptors (Lipinski definition) is 0. The van der Waals surface area contributed by atoms with Gasteiger partial charge in [-0.15, -0.1) is 0 Å². The van der Waals surface area contributed by atoms with Crippen molar-refractivity contribution in [1.29, 1.82) is 0 Å². The molecular weight excluding hydrogens is 399 g/mol. The van der Waals surface area contributed by atoms with Gasteiger partial charge in [0, 0.05) is 0 Å². The molecular formula is C27H43FSi2. The van der Waals surface area contributed by atoms with Crippen LogP contribution in [0.4, 0.5) is 4.11 Å². The third kappa shape index (κ3) is 4.38. The summed E-state index contributed by atoms with van der Waals surface area (Å²) in [5.41, 5.74) is 7.79. The molecule has 2 rings (SSSR count). The summed E-state index contributed by atoms with van der Waals surface area (Å²) >= 11 is 0. The Hall–Kier alpha value is -1.20. The Morgan fingerprint density at radius 3 is 0.967 bits per heavy atom. The van der Waals surface area contributed by atoms with E-state index in [0.29, 0.717) is 0 Å². The Labute approximate surface area is 187 Å². The molecule has 166 valence electrons. The summed E-state index contributed by atoms with van der Waals surface area (Å²) in [5.74, 6) is 0. The van der Waals surface area contributed by atoms with Crippen LogP contribution in [0.2, 0.25) is 19.6 Å². The first kappa shape index (κ1) is 25.1. The lowest BCUT2D eigenvalue weighted by Gasteiger charge is -2.40. The van der Waals surface area contributed by atoms with Crippen LogP contribution >= 0.6 is 0 Å². The van der Waals surface area contributed by atoms with Crippen LogP contribution in [-0.2, 0) is 38.5 Å². The average Bonchev–Trinajstić information content (AvgIpc) is 2.75. The van der Waals surface area contributed by atoms with Gasteiger partial charge in [0.25, 0.3) is 7.93 Å². The van der Waals surface area contributed by atoms with Gasteiger partial charge in [-0.25, -0.2) is 0 Å². The van der Waals surface area contributed by atoms with Gasteiger partial charge in [-0.3, -0.25) is 0 Å². The summed E-state index contributed by atoms with van der Waals surface area (Å²) in [4.78, 5) is 0. The topological polar surface area (TPSA) is 0 Å². The highest BCUT2D eigenvalue weighted by molar-refractivity contribution is 7.48. The lowest BCUT2D eigenvalue weighted by atomic mass is 10.0. The van der Waals surface area contributed by atoms with Crippen molar-refractivity contribution in [2.75, 3.05) is 0 Å². The quantitative estimate of drug-likeness (QED) is 0.307. The van der Waals surface area contributed by atoms with E-state index in [0.717, 1.165) is 48.9 Å². The summed E-state index contributed by atoms with van der Waals surface area (Å²) in [7, 11) is -5.56. The van der Waals surface area contributed by atoms with Gasteiger partial charge in [0.2, 0.25) is 0 Å². The van der Waals surface area contributed by atoms with Crippen molar-refractivity contribution in [2.45, 2.75) is 99.7 Å². The Balaban J connectivity index is 3.06. The van der Waals surface area contributed by atoms with Crippen molar-refractivity contribution in [3.05, 3.63) is 57.6 Å². The van der Waals surface area contributed by atoms with Crippen molar-refractivity contribution in [3.8, 4) is 0 Å². The summed E-state index contributed by atoms with van der Waals surface area (Å²) in [6, 6.07) is 9.25. The lowest BCUT2D eigenvalue weighted by Crippen LogP contribution is -2.73. The minimum Gasteiger partial charge on any atom is -0.306 e. The minimum atomic E-state index is -3.40. The number of hydrogen-bond donors (Lipinski definition) is 0. The molecule has 2 aromatic rings. The van der Waals surface area contributed by atoms with Crippen LogP contribution < -0.4 is 10.4 Å². The van der Waals surface area contributed by atoms with E-state index < -0.39 is 15.5 Å². The maximum atomic E-state index is 18.2. The maximum absolute atomic E-state index is 18.2. The number of benzene rings is 2. The fourth-order valence-electron chi connectivity index (χ4n) is 4.96. The molecule has 0 unspecified atom stereocenters. The summed E-state index contributed by atoms with van der Waals surface area (Å²) in [6.07, 6.45) is 5.68. The molecule has 0 nitrogen and oxygen atoms in total. The van der Waals surface area contributed by atoms with Crippen LogP contribution in [0.3, 0.4) is 0 Å². The van der Waals surface area contributed by atoms with Gasteiger partial charge in [0.1, 0.15) is 0 Å². The largest absolute Gasteiger partial charge is 0.306 e. The summed E-state index contributed by atoms with van der Waals surface area (Å²) < 4.78 is 18.2. The second-order valence-corrected chi connectivity index (χ2v) is 23.0. The monoisotopic (exact) mass is 442 g/mol. The van der Waals surface area contributed by atoms with Crippen LogP contribution in [0.15, 0.2) is 24.3 Å². The third-order valence-electron chi connectivity index (χ3n) is 6.79. The van der Waals surface area contributed by atoms with E-state index >= 15 is 4.11 Å². The normalized spacial score (nSPS) is 12.5. The lowest BCUT2D eigenvalue weighted by molar-refractivity contribution is 0.838. The fourth-order valence-corrected chi connectivity index (χ4v) is 15.9. The standard InChI is InChI=1S/C27H43FSi2/c1-10-20-16-22(12-3)26(23(13-4)17-20)30(28,29(7,8)9)27-24(14-5)18-21(11-2)19-25(27)15-6/h16-19H,10-15H2,1-9H3. The second kappa shape index (κ2) is 9.95. The van der Waals surface area contributed by atoms with E-state index in [4.69, 9.17) is 0 Å². The van der Waals surface area contributed by atoms with Crippen LogP contribution in [0.1, 0.15) is 74.9 Å². The Morgan fingerprint density at radius 2 is 0.800 bits per heavy atom. The smallest absolute Gasteiger partial charge is 0.293 e. The molecule has 3 heteroatoms. The van der Waals surface area contributed by atoms with Crippen LogP contribution in [0.25, 0.3) is 0 Å². The summed E-state index contributed by atoms with van der Waals surface area (Å²) in [6.45, 7) is 20.1. The molecule has 0 heterocycles. The number of halogens is 1. The third-order valence-corrected chi connectivity index (χ3v) is 19.2. The van der Waals surface area contributed by atoms with Crippen molar-refractivity contribution in [1.82, 2.24) is 0 Å². The molecule has 0 saturated carbocycles. The van der Waals surface area contributed by atoms with E-state index in [9.17, 15) is 0 Å². The maximum Gasteiger partial charge on any atom is 0.293 e. The zero-order chi connectivity index (χ0) is 22.7. The van der Waals surface area contributed by atoms with Crippen LogP contribution in [0.5, 0.6) is 0 Å². The molecule has 0 aliphatic heterocycles. The van der Waals surface area contributed by atoms with E-state index in [1.165, 1.54) is 33.4 Å². The van der Waals surface area contributed by atoms with Crippen molar-refractivity contribution < 1.29 is 4.11 Å². The van der Waals surface area contributed by atoms with Crippen molar-refractivity contribution in [3.63, 3.8) is 0 Å². The Bertz CT molecular complexity index is 763. The molecule has 0 fully saturated rings. The molecule has 0 spiro atoms. The Kier molecular flexibility index (Phi) is 8.31. The van der Waals surface area contributed by atoms with Gasteiger partial charge in [0.15, 0.2) is 0 Å². The highest BCUT2D eigenvalue weighted by Gasteiger charge is 2.54. The molecule has 0 saturated heterocycles. The van der Waals surface area contributed by atoms with E-state index in [-0.39, 0.29) is 0 Å². The first-order valence-corrected chi connectivity index (χ1v) is 18.5. The van der Waals surface area contributed by atoms with Gasteiger partial charge in [-0.05, 0) is 82.3 Å². The van der Waals surface area contributed by atoms with Crippen LogP contribution in [-0.4, -0.2) is 15.5 Å². The minimum absolute atomic E-state index is 0.912. The SMILES string of the molecule is CCc1cc(CC)c([Si](F)(c2c(CC)cc(CC)cc2CC)[Si](C)(C)C)c(CC)c1. The van der Waals surface area contributed by atoms with Gasteiger partial charge < -0.3 is 4.11 Å². The number of aryl methyl sites for hydroxylation is 6. The summed E-state index contributed by atoms with van der Waals surface area (Å²) in [5, 5.41) is 2.27. The molecule has 30 heavy (non-hydrogen) atoms. The number of rotatable bonds is 9. The first-order chi connectivity index (χ1) is 14.1. The van der Waals surface area contributed by atoms with Crippen molar-refractivity contribution >= 4 is 25.9 Å². The molecule has 0 bridgehead atoms. The molecule has 0 radical (unpaired) electrons. The molecule has 2 aromatic carbocycles. The first-order valence-electron chi connectivity index (χ1n) is 12.1. The molecule has 0 aliphatic rings. The molecule has 0 aliphatic carbocycles. The highest BCUT2D eigenvalue weighted by atomic mass is 29.3. The van der Waals surface area contributed by atoms with Crippen molar-refractivity contribution in [2.24, 2.45) is 0 Å². The highest BCUT2D eigenvalue weighted by Crippen LogP contribution is 2.29. The van der Waals surface area contributed by atoms with E-state index in [1.807, 2.05) is 0 Å². The fraction of sp³-hybridized carbons (Fsp3) is 0.556. The Morgan fingerprint density at radius 1 is 0.533 bits per heavy atom. The predicted molar refractivity (Wildman–Crippen MR) is 139 cm³/mol. The second-order valence-electron chi connectivity index (χ2n) is 9.61. The average molecular weight is 443 g/mol. The predicted octanol–water partition coefficient (Wildman–Crippen LogP) is 6.51. The molecule has 0 N–H and O–H groups in total. The molecule has 0 amide bonds. The zero-order valence-corrected chi connectivity index (χ0v) is 22.9. The van der Waals surface area contributed by atoms with E-state index in [1.54, 1.807) is 0 Å².